The molecule has 0 spiro atoms. The number of carbonyl (C=O) groups excluding carboxylic acids is 4. The molecule has 2 aromatic rings. The topological polar surface area (TPSA) is 131 Å². The summed E-state index contributed by atoms with van der Waals surface area (Å²) in [5.41, 5.74) is 1.01. The number of carbonyl (C=O) groups is 5. The summed E-state index contributed by atoms with van der Waals surface area (Å²) in [6.45, 7) is 3.08. The molecular formula is C25H24N2O8. The van der Waals surface area contributed by atoms with Crippen LogP contribution in [0.15, 0.2) is 42.5 Å². The highest BCUT2D eigenvalue weighted by Crippen LogP contribution is 2.24. The number of carboxylic acid groups (broad SMARTS) is 1. The second-order valence-electron chi connectivity index (χ2n) is 8.39. The lowest BCUT2D eigenvalue weighted by Crippen LogP contribution is -2.34. The van der Waals surface area contributed by atoms with Crippen LogP contribution in [0.1, 0.15) is 58.7 Å². The van der Waals surface area contributed by atoms with Gasteiger partial charge in [0.05, 0.1) is 67.3 Å². The van der Waals surface area contributed by atoms with Crippen LogP contribution in [0, 0.1) is 5.92 Å². The number of nitrogens with zero attached hydrogens (tertiary/aromatic N) is 2. The standard InChI is InChI=1S/C25H24N2O8/c1-15(13-34-10-8-26-21(28)17-4-2-3-5-18(17)22(26)29)14-35-11-9-27-23(30)19-7-6-16(25(32)33)12-20(19)24(27)31/h2-7,12,15H,8-11,13-14H2,1H3,(H,32,33). The molecule has 0 bridgehead atoms. The van der Waals surface area contributed by atoms with Gasteiger partial charge in [0, 0.05) is 5.92 Å². The average Bonchev–Trinajstić information content (AvgIpc) is 3.24. The Morgan fingerprint density at radius 2 is 1.23 bits per heavy atom. The number of ether oxygens (including phenoxy) is 2. The molecule has 0 saturated carbocycles. The van der Waals surface area contributed by atoms with Crippen molar-refractivity contribution in [2.75, 3.05) is 39.5 Å². The molecule has 4 amide bonds. The van der Waals surface area contributed by atoms with E-state index in [-0.39, 0.29) is 60.7 Å². The van der Waals surface area contributed by atoms with Gasteiger partial charge >= 0.3 is 5.97 Å². The zero-order valence-electron chi connectivity index (χ0n) is 19.1. The number of carboxylic acids is 1. The second-order valence-corrected chi connectivity index (χ2v) is 8.39. The van der Waals surface area contributed by atoms with E-state index in [1.165, 1.54) is 23.1 Å². The Balaban J connectivity index is 1.15. The van der Waals surface area contributed by atoms with Gasteiger partial charge in [-0.2, -0.15) is 0 Å². The van der Waals surface area contributed by atoms with Gasteiger partial charge in [0.25, 0.3) is 23.6 Å². The fourth-order valence-electron chi connectivity index (χ4n) is 4.00. The maximum atomic E-state index is 12.5. The number of hydrogen-bond acceptors (Lipinski definition) is 7. The number of benzene rings is 2. The summed E-state index contributed by atoms with van der Waals surface area (Å²) in [5, 5.41) is 9.08. The van der Waals surface area contributed by atoms with Crippen molar-refractivity contribution in [3.63, 3.8) is 0 Å². The highest BCUT2D eigenvalue weighted by molar-refractivity contribution is 6.22. The van der Waals surface area contributed by atoms with Gasteiger partial charge in [-0.15, -0.1) is 0 Å². The molecule has 35 heavy (non-hydrogen) atoms. The van der Waals surface area contributed by atoms with Crippen molar-refractivity contribution in [3.05, 3.63) is 70.3 Å². The van der Waals surface area contributed by atoms with Gasteiger partial charge in [-0.1, -0.05) is 19.1 Å². The predicted octanol–water partition coefficient (Wildman–Crippen LogP) is 1.95. The van der Waals surface area contributed by atoms with Crippen LogP contribution in [0.3, 0.4) is 0 Å². The minimum atomic E-state index is -1.17. The first-order valence-corrected chi connectivity index (χ1v) is 11.1. The number of imide groups is 2. The molecule has 1 unspecified atom stereocenters. The highest BCUT2D eigenvalue weighted by atomic mass is 16.5. The largest absolute Gasteiger partial charge is 0.478 e. The molecule has 0 aliphatic carbocycles. The van der Waals surface area contributed by atoms with E-state index in [4.69, 9.17) is 14.6 Å². The summed E-state index contributed by atoms with van der Waals surface area (Å²) in [6.07, 6.45) is 0. The number of fused-ring (bicyclic) bond motifs is 2. The molecule has 2 heterocycles. The Morgan fingerprint density at radius 3 is 1.71 bits per heavy atom. The molecule has 2 aliphatic heterocycles. The molecule has 10 heteroatoms. The van der Waals surface area contributed by atoms with E-state index in [0.29, 0.717) is 24.3 Å². The van der Waals surface area contributed by atoms with Gasteiger partial charge in [-0.25, -0.2) is 4.79 Å². The van der Waals surface area contributed by atoms with Crippen molar-refractivity contribution < 1.29 is 38.6 Å². The third-order valence-corrected chi connectivity index (χ3v) is 5.82. The maximum absolute atomic E-state index is 12.5. The summed E-state index contributed by atoms with van der Waals surface area (Å²) in [6, 6.07) is 10.5. The lowest BCUT2D eigenvalue weighted by molar-refractivity contribution is 0.0291. The van der Waals surface area contributed by atoms with Crippen LogP contribution in [-0.2, 0) is 9.47 Å². The van der Waals surface area contributed by atoms with Crippen molar-refractivity contribution >= 4 is 29.6 Å². The Bertz CT molecular complexity index is 1170. The molecule has 4 rings (SSSR count). The Morgan fingerprint density at radius 1 is 0.771 bits per heavy atom. The van der Waals surface area contributed by atoms with E-state index in [0.717, 1.165) is 4.90 Å². The summed E-state index contributed by atoms with van der Waals surface area (Å²) < 4.78 is 11.2. The Labute approximate surface area is 201 Å². The van der Waals surface area contributed by atoms with Crippen molar-refractivity contribution in [1.29, 1.82) is 0 Å². The molecular weight excluding hydrogens is 456 g/mol. The van der Waals surface area contributed by atoms with E-state index in [1.54, 1.807) is 24.3 Å². The molecule has 2 aliphatic rings. The van der Waals surface area contributed by atoms with E-state index in [1.807, 2.05) is 6.92 Å². The Kier molecular flexibility index (Phi) is 7.04. The number of amides is 4. The molecule has 1 N–H and O–H groups in total. The molecule has 0 saturated heterocycles. The minimum absolute atomic E-state index is 0.00233. The smallest absolute Gasteiger partial charge is 0.335 e. The zero-order chi connectivity index (χ0) is 25.1. The fourth-order valence-corrected chi connectivity index (χ4v) is 4.00. The molecule has 0 radical (unpaired) electrons. The van der Waals surface area contributed by atoms with Crippen LogP contribution in [0.5, 0.6) is 0 Å². The lowest BCUT2D eigenvalue weighted by atomic mass is 10.1. The summed E-state index contributed by atoms with van der Waals surface area (Å²) >= 11 is 0. The monoisotopic (exact) mass is 480 g/mol. The minimum Gasteiger partial charge on any atom is -0.478 e. The highest BCUT2D eigenvalue weighted by Gasteiger charge is 2.36. The van der Waals surface area contributed by atoms with E-state index in [9.17, 15) is 24.0 Å². The summed E-state index contributed by atoms with van der Waals surface area (Å²) in [7, 11) is 0. The first-order valence-electron chi connectivity index (χ1n) is 11.1. The van der Waals surface area contributed by atoms with Gasteiger partial charge in [0.1, 0.15) is 0 Å². The first kappa shape index (κ1) is 24.2. The summed E-state index contributed by atoms with van der Waals surface area (Å²) in [4.78, 5) is 62.9. The number of hydrogen-bond donors (Lipinski definition) is 1. The van der Waals surface area contributed by atoms with Crippen molar-refractivity contribution in [2.24, 2.45) is 5.92 Å². The fraction of sp³-hybridized carbons (Fsp3) is 0.320. The molecule has 1 atom stereocenters. The number of rotatable bonds is 11. The van der Waals surface area contributed by atoms with Crippen molar-refractivity contribution in [3.8, 4) is 0 Å². The van der Waals surface area contributed by atoms with Gasteiger partial charge in [-0.3, -0.25) is 29.0 Å². The number of aromatic carboxylic acids is 1. The first-order chi connectivity index (χ1) is 16.8. The van der Waals surface area contributed by atoms with Gasteiger partial charge in [0.15, 0.2) is 0 Å². The maximum Gasteiger partial charge on any atom is 0.335 e. The third kappa shape index (κ3) is 4.84. The predicted molar refractivity (Wildman–Crippen MR) is 121 cm³/mol. The van der Waals surface area contributed by atoms with E-state index >= 15 is 0 Å². The van der Waals surface area contributed by atoms with Gasteiger partial charge in [0.2, 0.25) is 0 Å². The molecule has 0 fully saturated rings. The quantitative estimate of drug-likeness (QED) is 0.381. The molecule has 182 valence electrons. The lowest BCUT2D eigenvalue weighted by Gasteiger charge is -2.17. The third-order valence-electron chi connectivity index (χ3n) is 5.82. The molecule has 2 aromatic carbocycles. The van der Waals surface area contributed by atoms with Crippen LogP contribution in [0.25, 0.3) is 0 Å². The molecule has 0 aromatic heterocycles. The van der Waals surface area contributed by atoms with Crippen LogP contribution < -0.4 is 0 Å². The van der Waals surface area contributed by atoms with Crippen LogP contribution in [0.2, 0.25) is 0 Å². The van der Waals surface area contributed by atoms with Gasteiger partial charge < -0.3 is 14.6 Å². The summed E-state index contributed by atoms with van der Waals surface area (Å²) in [5.74, 6) is -2.83. The second kappa shape index (κ2) is 10.2. The van der Waals surface area contributed by atoms with Crippen LogP contribution >= 0.6 is 0 Å². The van der Waals surface area contributed by atoms with Crippen molar-refractivity contribution in [2.45, 2.75) is 6.92 Å². The van der Waals surface area contributed by atoms with Crippen molar-refractivity contribution in [1.82, 2.24) is 9.80 Å². The zero-order valence-corrected chi connectivity index (χ0v) is 19.1. The SMILES string of the molecule is CC(COCCN1C(=O)c2ccccc2C1=O)COCCN1C(=O)c2ccc(C(=O)O)cc2C1=O. The normalized spacial score (nSPS) is 15.6. The van der Waals surface area contributed by atoms with Gasteiger partial charge in [-0.05, 0) is 30.3 Å². The molecule has 10 nitrogen and oxygen atoms in total. The van der Waals surface area contributed by atoms with E-state index < -0.39 is 17.8 Å². The van der Waals surface area contributed by atoms with Crippen LogP contribution in [0.4, 0.5) is 0 Å². The van der Waals surface area contributed by atoms with Crippen LogP contribution in [-0.4, -0.2) is 84.0 Å². The van der Waals surface area contributed by atoms with E-state index in [2.05, 4.69) is 0 Å². The Hall–Kier alpha value is -3.89. The average molecular weight is 480 g/mol.